The molecule has 1 heterocycles. The smallest absolute Gasteiger partial charge is 0.278 e. The maximum Gasteiger partial charge on any atom is 0.278 e. The first-order valence-electron chi connectivity index (χ1n) is 9.91. The van der Waals surface area contributed by atoms with Crippen LogP contribution in [-0.2, 0) is 16.1 Å². The van der Waals surface area contributed by atoms with E-state index < -0.39 is 11.8 Å². The molecule has 4 rings (SSSR count). The van der Waals surface area contributed by atoms with Crippen molar-refractivity contribution in [3.8, 4) is 11.5 Å². The minimum absolute atomic E-state index is 0.0225. The molecule has 0 spiro atoms. The lowest BCUT2D eigenvalue weighted by Crippen LogP contribution is -2.32. The predicted octanol–water partition coefficient (Wildman–Crippen LogP) is 4.24. The highest BCUT2D eigenvalue weighted by molar-refractivity contribution is 6.36. The highest BCUT2D eigenvalue weighted by Crippen LogP contribution is 2.35. The summed E-state index contributed by atoms with van der Waals surface area (Å²) in [5.74, 6) is -0.251. The van der Waals surface area contributed by atoms with Crippen LogP contribution in [0.5, 0.6) is 11.5 Å². The maximum atomic E-state index is 13.4. The Morgan fingerprint density at radius 3 is 2.25 bits per heavy atom. The number of hydrogen-bond acceptors (Lipinski definition) is 5. The first-order valence-corrected chi connectivity index (χ1v) is 9.91. The van der Waals surface area contributed by atoms with Crippen LogP contribution < -0.4 is 14.8 Å². The number of benzene rings is 3. The van der Waals surface area contributed by atoms with Crippen molar-refractivity contribution in [3.63, 3.8) is 0 Å². The Labute approximate surface area is 184 Å². The molecule has 1 N–H and O–H groups in total. The van der Waals surface area contributed by atoms with Gasteiger partial charge in [-0.15, -0.1) is 0 Å². The lowest BCUT2D eigenvalue weighted by Gasteiger charge is -2.16. The minimum atomic E-state index is -0.483. The largest absolute Gasteiger partial charge is 0.497 e. The first-order chi connectivity index (χ1) is 15.5. The standard InChI is InChI=1S/C25H21FN2O4/c1-31-19-12-13-21(32-2)20(14-19)27-23-22(17-6-4-3-5-7-17)24(29)28(25(23)30)15-16-8-10-18(26)11-9-16/h3-14,27H,15H2,1-2H3. The summed E-state index contributed by atoms with van der Waals surface area (Å²) in [5, 5.41) is 3.09. The van der Waals surface area contributed by atoms with Gasteiger partial charge in [0.2, 0.25) is 0 Å². The number of nitrogens with zero attached hydrogens (tertiary/aromatic N) is 1. The van der Waals surface area contributed by atoms with Crippen LogP contribution in [0.15, 0.2) is 78.5 Å². The normalized spacial score (nSPS) is 13.5. The first kappa shape index (κ1) is 21.1. The molecule has 7 heteroatoms. The van der Waals surface area contributed by atoms with Gasteiger partial charge in [-0.2, -0.15) is 0 Å². The van der Waals surface area contributed by atoms with E-state index >= 15 is 0 Å². The number of halogens is 1. The zero-order valence-electron chi connectivity index (χ0n) is 17.6. The van der Waals surface area contributed by atoms with Gasteiger partial charge >= 0.3 is 0 Å². The maximum absolute atomic E-state index is 13.4. The summed E-state index contributed by atoms with van der Waals surface area (Å²) in [4.78, 5) is 27.9. The van der Waals surface area contributed by atoms with E-state index in [1.807, 2.05) is 6.07 Å². The highest BCUT2D eigenvalue weighted by atomic mass is 19.1. The van der Waals surface area contributed by atoms with Gasteiger partial charge in [-0.1, -0.05) is 42.5 Å². The van der Waals surface area contributed by atoms with E-state index in [2.05, 4.69) is 5.32 Å². The van der Waals surface area contributed by atoms with Crippen LogP contribution in [0.1, 0.15) is 11.1 Å². The lowest BCUT2D eigenvalue weighted by molar-refractivity contribution is -0.137. The Morgan fingerprint density at radius 1 is 0.875 bits per heavy atom. The molecule has 0 saturated heterocycles. The van der Waals surface area contributed by atoms with E-state index in [-0.39, 0.29) is 23.6 Å². The van der Waals surface area contributed by atoms with Crippen molar-refractivity contribution in [2.75, 3.05) is 19.5 Å². The number of hydrogen-bond donors (Lipinski definition) is 1. The number of anilines is 1. The molecule has 3 aromatic carbocycles. The summed E-state index contributed by atoms with van der Waals surface area (Å²) >= 11 is 0. The monoisotopic (exact) mass is 432 g/mol. The Kier molecular flexibility index (Phi) is 5.89. The second-order valence-corrected chi connectivity index (χ2v) is 7.13. The molecule has 0 fully saturated rings. The molecule has 0 radical (unpaired) electrons. The molecule has 1 aliphatic rings. The highest BCUT2D eigenvalue weighted by Gasteiger charge is 2.39. The van der Waals surface area contributed by atoms with Crippen molar-refractivity contribution in [2.45, 2.75) is 6.54 Å². The second-order valence-electron chi connectivity index (χ2n) is 7.13. The van der Waals surface area contributed by atoms with Crippen LogP contribution >= 0.6 is 0 Å². The van der Waals surface area contributed by atoms with Crippen LogP contribution in [0.3, 0.4) is 0 Å². The van der Waals surface area contributed by atoms with E-state index in [4.69, 9.17) is 9.47 Å². The molecule has 2 amide bonds. The number of imide groups is 1. The Bertz CT molecular complexity index is 1190. The van der Waals surface area contributed by atoms with Crippen molar-refractivity contribution < 1.29 is 23.5 Å². The van der Waals surface area contributed by atoms with Crippen molar-refractivity contribution in [1.29, 1.82) is 0 Å². The van der Waals surface area contributed by atoms with Crippen molar-refractivity contribution in [3.05, 3.63) is 95.4 Å². The fraction of sp³-hybridized carbons (Fsp3) is 0.120. The number of amides is 2. The van der Waals surface area contributed by atoms with Gasteiger partial charge in [-0.05, 0) is 35.4 Å². The Morgan fingerprint density at radius 2 is 1.59 bits per heavy atom. The SMILES string of the molecule is COc1ccc(OC)c(NC2=C(c3ccccc3)C(=O)N(Cc3ccc(F)cc3)C2=O)c1. The summed E-state index contributed by atoms with van der Waals surface area (Å²) in [7, 11) is 3.05. The van der Waals surface area contributed by atoms with Crippen LogP contribution in [-0.4, -0.2) is 30.9 Å². The van der Waals surface area contributed by atoms with E-state index in [0.717, 1.165) is 4.90 Å². The third-order valence-corrected chi connectivity index (χ3v) is 5.15. The molecule has 0 atom stereocenters. The van der Waals surface area contributed by atoms with Gasteiger partial charge in [0.05, 0.1) is 32.0 Å². The van der Waals surface area contributed by atoms with Gasteiger partial charge in [0.25, 0.3) is 11.8 Å². The molecule has 3 aromatic rings. The van der Waals surface area contributed by atoms with Crippen molar-refractivity contribution in [1.82, 2.24) is 4.90 Å². The summed E-state index contributed by atoms with van der Waals surface area (Å²) in [6.07, 6.45) is 0. The van der Waals surface area contributed by atoms with E-state index in [1.165, 1.54) is 26.4 Å². The zero-order chi connectivity index (χ0) is 22.7. The molecular formula is C25H21FN2O4. The van der Waals surface area contributed by atoms with Gasteiger partial charge in [0.1, 0.15) is 23.0 Å². The topological polar surface area (TPSA) is 67.9 Å². The molecule has 0 aromatic heterocycles. The number of carbonyl (C=O) groups excluding carboxylic acids is 2. The molecular weight excluding hydrogens is 411 g/mol. The van der Waals surface area contributed by atoms with Gasteiger partial charge in [0, 0.05) is 6.07 Å². The number of rotatable bonds is 7. The quantitative estimate of drug-likeness (QED) is 0.566. The third-order valence-electron chi connectivity index (χ3n) is 5.15. The Hall–Kier alpha value is -4.13. The summed E-state index contributed by atoms with van der Waals surface area (Å²) in [5.41, 5.74) is 2.12. The van der Waals surface area contributed by atoms with E-state index in [1.54, 1.807) is 54.6 Å². The summed E-state index contributed by atoms with van der Waals surface area (Å²) < 4.78 is 24.0. The summed E-state index contributed by atoms with van der Waals surface area (Å²) in [6.45, 7) is 0.0225. The molecule has 0 saturated carbocycles. The minimum Gasteiger partial charge on any atom is -0.497 e. The number of ether oxygens (including phenoxy) is 2. The molecule has 32 heavy (non-hydrogen) atoms. The van der Waals surface area contributed by atoms with Gasteiger partial charge < -0.3 is 14.8 Å². The van der Waals surface area contributed by atoms with E-state index in [0.29, 0.717) is 28.3 Å². The number of nitrogens with one attached hydrogen (secondary N) is 1. The average molecular weight is 432 g/mol. The van der Waals surface area contributed by atoms with Gasteiger partial charge in [-0.25, -0.2) is 4.39 Å². The van der Waals surface area contributed by atoms with Crippen LogP contribution in [0.4, 0.5) is 10.1 Å². The number of methoxy groups -OCH3 is 2. The van der Waals surface area contributed by atoms with E-state index in [9.17, 15) is 14.0 Å². The Balaban J connectivity index is 1.76. The zero-order valence-corrected chi connectivity index (χ0v) is 17.6. The van der Waals surface area contributed by atoms with Crippen LogP contribution in [0, 0.1) is 5.82 Å². The molecule has 162 valence electrons. The average Bonchev–Trinajstić information content (AvgIpc) is 3.05. The molecule has 1 aliphatic heterocycles. The lowest BCUT2D eigenvalue weighted by atomic mass is 10.0. The fourth-order valence-electron chi connectivity index (χ4n) is 3.53. The van der Waals surface area contributed by atoms with Crippen molar-refractivity contribution >= 4 is 23.1 Å². The molecule has 0 unspecified atom stereocenters. The molecule has 0 bridgehead atoms. The van der Waals surface area contributed by atoms with Crippen LogP contribution in [0.25, 0.3) is 5.57 Å². The molecule has 0 aliphatic carbocycles. The number of carbonyl (C=O) groups is 2. The molecule has 6 nitrogen and oxygen atoms in total. The third kappa shape index (κ3) is 4.05. The van der Waals surface area contributed by atoms with Crippen molar-refractivity contribution in [2.24, 2.45) is 0 Å². The fourth-order valence-corrected chi connectivity index (χ4v) is 3.53. The summed E-state index contributed by atoms with van der Waals surface area (Å²) in [6, 6.07) is 19.8. The predicted molar refractivity (Wildman–Crippen MR) is 118 cm³/mol. The second kappa shape index (κ2) is 8.93. The van der Waals surface area contributed by atoms with Gasteiger partial charge in [-0.3, -0.25) is 14.5 Å². The van der Waals surface area contributed by atoms with Crippen LogP contribution in [0.2, 0.25) is 0 Å². The van der Waals surface area contributed by atoms with Gasteiger partial charge in [0.15, 0.2) is 0 Å².